The van der Waals surface area contributed by atoms with Crippen molar-refractivity contribution in [1.29, 1.82) is 0 Å². The van der Waals surface area contributed by atoms with E-state index in [1.165, 1.54) is 17.0 Å². The van der Waals surface area contributed by atoms with Crippen molar-refractivity contribution in [2.45, 2.75) is 64.3 Å². The predicted molar refractivity (Wildman–Crippen MR) is 156 cm³/mol. The zero-order valence-electron chi connectivity index (χ0n) is 24.9. The fourth-order valence-corrected chi connectivity index (χ4v) is 6.52. The molecule has 2 fully saturated rings. The molecule has 0 radical (unpaired) electrons. The molecule has 10 nitrogen and oxygen atoms in total. The largest absolute Gasteiger partial charge is 0.465 e. The molecule has 5 rings (SSSR count). The first-order chi connectivity index (χ1) is 20.0. The normalized spacial score (nSPS) is 24.6. The molecule has 11 heteroatoms. The van der Waals surface area contributed by atoms with E-state index < -0.39 is 11.5 Å². The summed E-state index contributed by atoms with van der Waals surface area (Å²) >= 11 is 0. The van der Waals surface area contributed by atoms with Crippen molar-refractivity contribution < 1.29 is 28.9 Å². The maximum absolute atomic E-state index is 14.1. The first-order valence-corrected chi connectivity index (χ1v) is 14.7. The van der Waals surface area contributed by atoms with Crippen LogP contribution in [0.5, 0.6) is 0 Å². The number of ether oxygens (including phenoxy) is 1. The Morgan fingerprint density at radius 3 is 2.62 bits per heavy atom. The van der Waals surface area contributed by atoms with Crippen LogP contribution in [0.15, 0.2) is 30.3 Å². The highest BCUT2D eigenvalue weighted by Crippen LogP contribution is 2.41. The number of carbonyl (C=O) groups is 2. The van der Waals surface area contributed by atoms with Crippen LogP contribution in [-0.2, 0) is 28.0 Å². The van der Waals surface area contributed by atoms with Crippen molar-refractivity contribution in [3.63, 3.8) is 0 Å². The van der Waals surface area contributed by atoms with E-state index in [0.29, 0.717) is 57.2 Å². The Hall–Kier alpha value is -3.12. The second kappa shape index (κ2) is 12.2. The molecular formula is C31H42FN5O5. The summed E-state index contributed by atoms with van der Waals surface area (Å²) in [5.41, 5.74) is 3.07. The summed E-state index contributed by atoms with van der Waals surface area (Å²) in [6, 6.07) is 8.09. The quantitative estimate of drug-likeness (QED) is 0.512. The van der Waals surface area contributed by atoms with Crippen LogP contribution in [0.4, 0.5) is 14.9 Å². The average molecular weight is 584 g/mol. The Balaban J connectivity index is 1.40. The number of benzene rings is 1. The van der Waals surface area contributed by atoms with E-state index in [1.807, 2.05) is 32.9 Å². The van der Waals surface area contributed by atoms with Crippen molar-refractivity contribution in [1.82, 2.24) is 19.7 Å². The Morgan fingerprint density at radius 2 is 1.93 bits per heavy atom. The van der Waals surface area contributed by atoms with Crippen molar-refractivity contribution in [2.24, 2.45) is 0 Å². The molecule has 2 N–H and O–H groups in total. The van der Waals surface area contributed by atoms with Gasteiger partial charge in [0.15, 0.2) is 0 Å². The van der Waals surface area contributed by atoms with Gasteiger partial charge in [-0.05, 0) is 49.6 Å². The number of aliphatic hydroxyl groups excluding tert-OH is 1. The number of halogens is 1. The standard InChI is InChI=1S/C31H42FN5O5/c1-20-13-35(25(15-36(20)30(40)41)14-34-8-9-42-18-21(34)2)16-28(39)37-19-31(3,4)29-27(37)12-23(26(17-38)33-29)10-22-6-5-7-24(32)11-22/h5-7,11-12,20-21,25,38H,8-10,13-19H2,1-4H3,(H,40,41)/t20-,21-,25+/m1/s1. The Labute approximate surface area is 246 Å². The molecule has 2 saturated heterocycles. The SMILES string of the molecule is C[C@@H]1COCCN1C[C@H]1CN(C(=O)O)[C@H](C)CN1CC(=O)N1CC(C)(C)c2nc(CO)c(Cc3cccc(F)c3)cc21. The van der Waals surface area contributed by atoms with Gasteiger partial charge in [-0.1, -0.05) is 26.0 Å². The van der Waals surface area contributed by atoms with Gasteiger partial charge in [-0.25, -0.2) is 9.18 Å². The molecule has 4 heterocycles. The molecule has 3 atom stereocenters. The van der Waals surface area contributed by atoms with Crippen LogP contribution >= 0.6 is 0 Å². The third-order valence-corrected chi connectivity index (χ3v) is 8.88. The van der Waals surface area contributed by atoms with Crippen molar-refractivity contribution >= 4 is 17.7 Å². The Bertz CT molecular complexity index is 1320. The molecule has 0 saturated carbocycles. The fourth-order valence-electron chi connectivity index (χ4n) is 6.52. The minimum Gasteiger partial charge on any atom is -0.465 e. The Kier molecular flexibility index (Phi) is 8.84. The number of pyridine rings is 1. The van der Waals surface area contributed by atoms with Crippen LogP contribution in [0.2, 0.25) is 0 Å². The van der Waals surface area contributed by atoms with E-state index in [0.717, 1.165) is 23.4 Å². The van der Waals surface area contributed by atoms with E-state index in [4.69, 9.17) is 9.72 Å². The number of aliphatic hydroxyl groups is 1. The molecule has 0 bridgehead atoms. The summed E-state index contributed by atoms with van der Waals surface area (Å²) in [6.07, 6.45) is -0.564. The number of nitrogens with zero attached hydrogens (tertiary/aromatic N) is 5. The number of hydrogen-bond donors (Lipinski definition) is 2. The summed E-state index contributed by atoms with van der Waals surface area (Å²) in [7, 11) is 0. The molecule has 1 aromatic carbocycles. The van der Waals surface area contributed by atoms with Gasteiger partial charge < -0.3 is 24.7 Å². The summed E-state index contributed by atoms with van der Waals surface area (Å²) in [4.78, 5) is 38.6. The van der Waals surface area contributed by atoms with Gasteiger partial charge in [-0.2, -0.15) is 0 Å². The molecule has 0 spiro atoms. The van der Waals surface area contributed by atoms with Crippen molar-refractivity contribution in [3.8, 4) is 0 Å². The number of rotatable bonds is 7. The smallest absolute Gasteiger partial charge is 0.407 e. The number of amides is 2. The first kappa shape index (κ1) is 30.3. The summed E-state index contributed by atoms with van der Waals surface area (Å²) < 4.78 is 19.5. The summed E-state index contributed by atoms with van der Waals surface area (Å²) in [6.45, 7) is 11.9. The predicted octanol–water partition coefficient (Wildman–Crippen LogP) is 2.70. The van der Waals surface area contributed by atoms with Gasteiger partial charge >= 0.3 is 6.09 Å². The topological polar surface area (TPSA) is 110 Å². The van der Waals surface area contributed by atoms with E-state index in [9.17, 15) is 24.2 Å². The lowest BCUT2D eigenvalue weighted by Gasteiger charge is -2.47. The molecule has 3 aliphatic heterocycles. The number of aromatic nitrogens is 1. The number of fused-ring (bicyclic) bond motifs is 1. The van der Waals surface area contributed by atoms with Crippen LogP contribution < -0.4 is 4.90 Å². The van der Waals surface area contributed by atoms with Gasteiger partial charge in [0.05, 0.1) is 43.4 Å². The van der Waals surface area contributed by atoms with Gasteiger partial charge in [0.1, 0.15) is 5.82 Å². The highest BCUT2D eigenvalue weighted by molar-refractivity contribution is 5.97. The third kappa shape index (κ3) is 6.29. The highest BCUT2D eigenvalue weighted by Gasteiger charge is 2.42. The van der Waals surface area contributed by atoms with E-state index in [2.05, 4.69) is 16.7 Å². The van der Waals surface area contributed by atoms with Gasteiger partial charge in [0.25, 0.3) is 0 Å². The summed E-state index contributed by atoms with van der Waals surface area (Å²) in [5.74, 6) is -0.406. The number of carbonyl (C=O) groups excluding carboxylic acids is 1. The highest BCUT2D eigenvalue weighted by atomic mass is 19.1. The zero-order chi connectivity index (χ0) is 30.2. The molecule has 2 aromatic rings. The van der Waals surface area contributed by atoms with Crippen LogP contribution in [0, 0.1) is 5.82 Å². The van der Waals surface area contributed by atoms with E-state index in [-0.39, 0.29) is 43.0 Å². The minimum atomic E-state index is -0.944. The lowest BCUT2D eigenvalue weighted by atomic mass is 9.90. The van der Waals surface area contributed by atoms with Gasteiger partial charge in [0.2, 0.25) is 5.91 Å². The molecular weight excluding hydrogens is 541 g/mol. The van der Waals surface area contributed by atoms with Gasteiger partial charge in [0, 0.05) is 56.3 Å². The van der Waals surface area contributed by atoms with E-state index >= 15 is 0 Å². The van der Waals surface area contributed by atoms with Crippen LogP contribution in [0.25, 0.3) is 0 Å². The summed E-state index contributed by atoms with van der Waals surface area (Å²) in [5, 5.41) is 20.0. The van der Waals surface area contributed by atoms with Crippen LogP contribution in [0.1, 0.15) is 50.2 Å². The molecule has 3 aliphatic rings. The number of piperazine rings is 1. The first-order valence-electron chi connectivity index (χ1n) is 14.7. The second-order valence-electron chi connectivity index (χ2n) is 12.6. The minimum absolute atomic E-state index is 0.0759. The average Bonchev–Trinajstić information content (AvgIpc) is 3.20. The number of hydrogen-bond acceptors (Lipinski definition) is 7. The monoisotopic (exact) mass is 583 g/mol. The van der Waals surface area contributed by atoms with Crippen LogP contribution in [0.3, 0.4) is 0 Å². The zero-order valence-corrected chi connectivity index (χ0v) is 24.9. The van der Waals surface area contributed by atoms with Crippen molar-refractivity contribution in [2.75, 3.05) is 57.4 Å². The maximum atomic E-state index is 14.1. The fraction of sp³-hybridized carbons (Fsp3) is 0.581. The maximum Gasteiger partial charge on any atom is 0.407 e. The lowest BCUT2D eigenvalue weighted by molar-refractivity contribution is -0.121. The lowest BCUT2D eigenvalue weighted by Crippen LogP contribution is -2.64. The molecule has 1 aromatic heterocycles. The van der Waals surface area contributed by atoms with Gasteiger partial charge in [-0.15, -0.1) is 0 Å². The van der Waals surface area contributed by atoms with Gasteiger partial charge in [-0.3, -0.25) is 19.6 Å². The second-order valence-corrected chi connectivity index (χ2v) is 12.6. The van der Waals surface area contributed by atoms with Crippen LogP contribution in [-0.4, -0.2) is 113 Å². The molecule has 228 valence electrons. The van der Waals surface area contributed by atoms with E-state index in [1.54, 1.807) is 11.0 Å². The van der Waals surface area contributed by atoms with Crippen molar-refractivity contribution in [3.05, 3.63) is 58.7 Å². The molecule has 2 amide bonds. The number of carboxylic acid groups (broad SMARTS) is 1. The molecule has 0 unspecified atom stereocenters. The Morgan fingerprint density at radius 1 is 1.14 bits per heavy atom. The third-order valence-electron chi connectivity index (χ3n) is 8.88. The number of anilines is 1. The molecule has 42 heavy (non-hydrogen) atoms. The molecule has 0 aliphatic carbocycles. The number of morpholine rings is 1.